The second kappa shape index (κ2) is 11.9. The van der Waals surface area contributed by atoms with Crippen molar-refractivity contribution in [3.05, 3.63) is 70.2 Å². The van der Waals surface area contributed by atoms with E-state index in [-0.39, 0.29) is 11.8 Å². The van der Waals surface area contributed by atoms with E-state index in [1.807, 2.05) is 62.4 Å². The zero-order valence-corrected chi connectivity index (χ0v) is 18.9. The monoisotopic (exact) mass is 432 g/mol. The van der Waals surface area contributed by atoms with Crippen LogP contribution in [0.3, 0.4) is 0 Å². The van der Waals surface area contributed by atoms with Gasteiger partial charge in [-0.05, 0) is 49.1 Å². The van der Waals surface area contributed by atoms with Crippen molar-refractivity contribution >= 4 is 35.2 Å². The van der Waals surface area contributed by atoms with Crippen LogP contribution in [0.5, 0.6) is 0 Å². The van der Waals surface area contributed by atoms with Gasteiger partial charge in [-0.1, -0.05) is 54.9 Å². The molecule has 6 heteroatoms. The second-order valence-electron chi connectivity index (χ2n) is 7.03. The van der Waals surface area contributed by atoms with Crippen LogP contribution in [-0.4, -0.2) is 35.1 Å². The van der Waals surface area contributed by atoms with E-state index < -0.39 is 6.04 Å². The quantitative estimate of drug-likeness (QED) is 0.585. The van der Waals surface area contributed by atoms with E-state index in [2.05, 4.69) is 5.32 Å². The van der Waals surface area contributed by atoms with Crippen molar-refractivity contribution in [1.29, 1.82) is 0 Å². The highest BCUT2D eigenvalue weighted by Crippen LogP contribution is 2.18. The van der Waals surface area contributed by atoms with E-state index >= 15 is 0 Å². The molecule has 29 heavy (non-hydrogen) atoms. The summed E-state index contributed by atoms with van der Waals surface area (Å²) in [6.07, 6.45) is 0.862. The third-order valence-corrected chi connectivity index (χ3v) is 5.97. The molecule has 1 N–H and O–H groups in total. The lowest BCUT2D eigenvalue weighted by Crippen LogP contribution is -2.48. The van der Waals surface area contributed by atoms with Crippen LogP contribution in [0.1, 0.15) is 37.0 Å². The summed E-state index contributed by atoms with van der Waals surface area (Å²) >= 11 is 7.47. The van der Waals surface area contributed by atoms with Gasteiger partial charge in [0, 0.05) is 23.9 Å². The van der Waals surface area contributed by atoms with Gasteiger partial charge in [0.05, 0.1) is 5.75 Å². The van der Waals surface area contributed by atoms with Crippen LogP contribution in [0, 0.1) is 6.92 Å². The van der Waals surface area contributed by atoms with Crippen LogP contribution in [0.4, 0.5) is 0 Å². The van der Waals surface area contributed by atoms with Crippen molar-refractivity contribution in [3.63, 3.8) is 0 Å². The van der Waals surface area contributed by atoms with Gasteiger partial charge in [-0.3, -0.25) is 9.59 Å². The summed E-state index contributed by atoms with van der Waals surface area (Å²) in [5.74, 6) is 0.889. The minimum absolute atomic E-state index is 0.0358. The summed E-state index contributed by atoms with van der Waals surface area (Å²) in [6, 6.07) is 15.1. The van der Waals surface area contributed by atoms with Crippen LogP contribution in [0.15, 0.2) is 48.5 Å². The van der Waals surface area contributed by atoms with Crippen molar-refractivity contribution in [1.82, 2.24) is 10.2 Å². The minimum Gasteiger partial charge on any atom is -0.354 e. The molecule has 0 heterocycles. The molecule has 4 nitrogen and oxygen atoms in total. The summed E-state index contributed by atoms with van der Waals surface area (Å²) in [6.45, 7) is 6.86. The number of carbonyl (C=O) groups excluding carboxylic acids is 2. The molecule has 2 amide bonds. The van der Waals surface area contributed by atoms with Crippen molar-refractivity contribution in [2.45, 2.75) is 45.5 Å². The standard InChI is InChI=1S/C23H29ClN2O2S/c1-4-13-25-23(28)18(3)26(14-20-8-6-5-7-17(20)2)22(27)16-29-15-19-9-11-21(24)12-10-19/h5-12,18H,4,13-16H2,1-3H3,(H,25,28). The van der Waals surface area contributed by atoms with Crippen LogP contribution in [-0.2, 0) is 21.9 Å². The lowest BCUT2D eigenvalue weighted by molar-refractivity contribution is -0.138. The molecule has 156 valence electrons. The van der Waals surface area contributed by atoms with Crippen molar-refractivity contribution in [3.8, 4) is 0 Å². The number of nitrogens with one attached hydrogen (secondary N) is 1. The first-order valence-electron chi connectivity index (χ1n) is 9.86. The number of aryl methyl sites for hydroxylation is 1. The fourth-order valence-electron chi connectivity index (χ4n) is 2.87. The molecule has 0 fully saturated rings. The van der Waals surface area contributed by atoms with Gasteiger partial charge in [0.1, 0.15) is 6.04 Å². The van der Waals surface area contributed by atoms with Crippen LogP contribution >= 0.6 is 23.4 Å². The summed E-state index contributed by atoms with van der Waals surface area (Å²) in [5, 5.41) is 3.60. The molecule has 2 aromatic carbocycles. The first kappa shape index (κ1) is 23.3. The third kappa shape index (κ3) is 7.41. The predicted molar refractivity (Wildman–Crippen MR) is 122 cm³/mol. The van der Waals surface area contributed by atoms with Crippen molar-refractivity contribution in [2.75, 3.05) is 12.3 Å². The topological polar surface area (TPSA) is 49.4 Å². The van der Waals surface area contributed by atoms with E-state index in [0.29, 0.717) is 23.9 Å². The Labute approximate surface area is 183 Å². The number of nitrogens with zero attached hydrogens (tertiary/aromatic N) is 1. The number of halogens is 1. The fraction of sp³-hybridized carbons (Fsp3) is 0.391. The van der Waals surface area contributed by atoms with Gasteiger partial charge < -0.3 is 10.2 Å². The maximum atomic E-state index is 13.0. The summed E-state index contributed by atoms with van der Waals surface area (Å²) in [5.41, 5.74) is 3.28. The van der Waals surface area contributed by atoms with Crippen LogP contribution in [0.25, 0.3) is 0 Å². The molecular formula is C23H29ClN2O2S. The zero-order chi connectivity index (χ0) is 21.2. The number of hydrogen-bond acceptors (Lipinski definition) is 3. The number of rotatable bonds is 10. The van der Waals surface area contributed by atoms with Gasteiger partial charge in [0.2, 0.25) is 11.8 Å². The van der Waals surface area contributed by atoms with Gasteiger partial charge in [0.15, 0.2) is 0 Å². The summed E-state index contributed by atoms with van der Waals surface area (Å²) in [4.78, 5) is 27.2. The Morgan fingerprint density at radius 1 is 1.14 bits per heavy atom. The molecule has 2 aromatic rings. The van der Waals surface area contributed by atoms with Gasteiger partial charge >= 0.3 is 0 Å². The molecule has 0 aromatic heterocycles. The Hall–Kier alpha value is -1.98. The molecule has 1 atom stereocenters. The molecule has 0 aliphatic carbocycles. The van der Waals surface area contributed by atoms with Crippen molar-refractivity contribution in [2.24, 2.45) is 0 Å². The Kier molecular flexibility index (Phi) is 9.55. The number of hydrogen-bond donors (Lipinski definition) is 1. The highest BCUT2D eigenvalue weighted by Gasteiger charge is 2.26. The molecule has 0 saturated carbocycles. The van der Waals surface area contributed by atoms with E-state index in [1.54, 1.807) is 23.6 Å². The Morgan fingerprint density at radius 2 is 1.83 bits per heavy atom. The number of amides is 2. The van der Waals surface area contributed by atoms with E-state index in [4.69, 9.17) is 11.6 Å². The predicted octanol–water partition coefficient (Wildman–Crippen LogP) is 4.83. The molecule has 1 unspecified atom stereocenters. The van der Waals surface area contributed by atoms with Crippen molar-refractivity contribution < 1.29 is 9.59 Å². The first-order valence-corrected chi connectivity index (χ1v) is 11.4. The zero-order valence-electron chi connectivity index (χ0n) is 17.3. The minimum atomic E-state index is -0.523. The SMILES string of the molecule is CCCNC(=O)C(C)N(Cc1ccccc1C)C(=O)CSCc1ccc(Cl)cc1. The summed E-state index contributed by atoms with van der Waals surface area (Å²) < 4.78 is 0. The molecule has 2 rings (SSSR count). The highest BCUT2D eigenvalue weighted by atomic mass is 35.5. The highest BCUT2D eigenvalue weighted by molar-refractivity contribution is 7.99. The van der Waals surface area contributed by atoms with Gasteiger partial charge in [0.25, 0.3) is 0 Å². The lowest BCUT2D eigenvalue weighted by atomic mass is 10.1. The third-order valence-electron chi connectivity index (χ3n) is 4.73. The fourth-order valence-corrected chi connectivity index (χ4v) is 3.87. The maximum absolute atomic E-state index is 13.0. The average Bonchev–Trinajstić information content (AvgIpc) is 2.72. The summed E-state index contributed by atoms with van der Waals surface area (Å²) in [7, 11) is 0. The Balaban J connectivity index is 2.05. The molecule has 0 spiro atoms. The Bertz CT molecular complexity index is 811. The van der Waals surface area contributed by atoms with E-state index in [9.17, 15) is 9.59 Å². The number of carbonyl (C=O) groups is 2. The molecular weight excluding hydrogens is 404 g/mol. The van der Waals surface area contributed by atoms with Gasteiger partial charge in [-0.25, -0.2) is 0 Å². The molecule has 0 aliphatic rings. The van der Waals surface area contributed by atoms with Gasteiger partial charge in [-0.15, -0.1) is 11.8 Å². The first-order chi connectivity index (χ1) is 13.9. The normalized spacial score (nSPS) is 11.7. The number of thioether (sulfide) groups is 1. The maximum Gasteiger partial charge on any atom is 0.242 e. The van der Waals surface area contributed by atoms with E-state index in [0.717, 1.165) is 28.9 Å². The van der Waals surface area contributed by atoms with Crippen LogP contribution < -0.4 is 5.32 Å². The average molecular weight is 433 g/mol. The molecule has 0 bridgehead atoms. The second-order valence-corrected chi connectivity index (χ2v) is 8.46. The molecule has 0 saturated heterocycles. The van der Waals surface area contributed by atoms with Gasteiger partial charge in [-0.2, -0.15) is 0 Å². The molecule has 0 aliphatic heterocycles. The molecule has 0 radical (unpaired) electrons. The van der Waals surface area contributed by atoms with E-state index in [1.165, 1.54) is 0 Å². The number of benzene rings is 2. The Morgan fingerprint density at radius 3 is 2.48 bits per heavy atom. The van der Waals surface area contributed by atoms with Crippen LogP contribution in [0.2, 0.25) is 5.02 Å². The lowest BCUT2D eigenvalue weighted by Gasteiger charge is -2.29. The smallest absolute Gasteiger partial charge is 0.242 e. The largest absolute Gasteiger partial charge is 0.354 e.